The van der Waals surface area contributed by atoms with Crippen LogP contribution in [0.25, 0.3) is 0 Å². The molecule has 4 nitrogen and oxygen atoms in total. The molecular formula is C19H28ClNO3. The number of benzene rings is 1. The molecule has 1 aromatic carbocycles. The number of rotatable bonds is 10. The molecular weight excluding hydrogens is 326 g/mol. The molecule has 24 heavy (non-hydrogen) atoms. The van der Waals surface area contributed by atoms with Crippen molar-refractivity contribution in [3.05, 3.63) is 47.5 Å². The normalized spacial score (nSPS) is 14.9. The van der Waals surface area contributed by atoms with Crippen LogP contribution >= 0.6 is 11.6 Å². The molecule has 0 saturated heterocycles. The number of amides is 1. The van der Waals surface area contributed by atoms with Gasteiger partial charge in [0.2, 0.25) is 5.91 Å². The molecule has 0 aromatic heterocycles. The molecule has 5 heteroatoms. The highest BCUT2D eigenvalue weighted by Crippen LogP contribution is 2.24. The lowest BCUT2D eigenvalue weighted by Gasteiger charge is -2.24. The molecule has 2 unspecified atom stereocenters. The van der Waals surface area contributed by atoms with E-state index in [4.69, 9.17) is 11.6 Å². The molecule has 0 heterocycles. The Hall–Kier alpha value is -1.36. The van der Waals surface area contributed by atoms with Gasteiger partial charge >= 0.3 is 0 Å². The zero-order chi connectivity index (χ0) is 18.1. The van der Waals surface area contributed by atoms with Gasteiger partial charge in [-0.2, -0.15) is 0 Å². The second-order valence-corrected chi connectivity index (χ2v) is 6.84. The van der Waals surface area contributed by atoms with Crippen LogP contribution in [0.2, 0.25) is 5.02 Å². The van der Waals surface area contributed by atoms with Crippen LogP contribution in [0, 0.1) is 11.8 Å². The van der Waals surface area contributed by atoms with E-state index in [1.54, 1.807) is 30.3 Å². The highest BCUT2D eigenvalue weighted by atomic mass is 35.5. The van der Waals surface area contributed by atoms with Crippen molar-refractivity contribution in [3.8, 4) is 0 Å². The van der Waals surface area contributed by atoms with Crippen LogP contribution in [0.5, 0.6) is 0 Å². The first kappa shape index (κ1) is 20.7. The molecule has 0 fully saturated rings. The van der Waals surface area contributed by atoms with Gasteiger partial charge in [-0.25, -0.2) is 0 Å². The molecule has 1 amide bonds. The van der Waals surface area contributed by atoms with Crippen LogP contribution in [0.1, 0.15) is 44.8 Å². The fraction of sp³-hybridized carbons (Fsp3) is 0.526. The number of allylic oxidation sites excluding steroid dienone is 1. The molecule has 1 rings (SSSR count). The summed E-state index contributed by atoms with van der Waals surface area (Å²) in [6.45, 7) is 7.52. The van der Waals surface area contributed by atoms with Crippen LogP contribution in [-0.2, 0) is 4.79 Å². The maximum atomic E-state index is 12.4. The topological polar surface area (TPSA) is 69.6 Å². The molecule has 1 aromatic rings. The van der Waals surface area contributed by atoms with Crippen molar-refractivity contribution < 1.29 is 15.0 Å². The lowest BCUT2D eigenvalue weighted by Crippen LogP contribution is -2.44. The Morgan fingerprint density at radius 1 is 1.29 bits per heavy atom. The zero-order valence-corrected chi connectivity index (χ0v) is 15.2. The largest absolute Gasteiger partial charge is 0.394 e. The first-order chi connectivity index (χ1) is 11.4. The second-order valence-electron chi connectivity index (χ2n) is 6.41. The van der Waals surface area contributed by atoms with Crippen molar-refractivity contribution in [1.29, 1.82) is 0 Å². The summed E-state index contributed by atoms with van der Waals surface area (Å²) < 4.78 is 0. The predicted molar refractivity (Wildman–Crippen MR) is 97.8 cm³/mol. The van der Waals surface area contributed by atoms with E-state index in [0.717, 1.165) is 5.56 Å². The Balaban J connectivity index is 2.63. The van der Waals surface area contributed by atoms with E-state index in [2.05, 4.69) is 11.9 Å². The van der Waals surface area contributed by atoms with Gasteiger partial charge in [-0.05, 0) is 42.9 Å². The smallest absolute Gasteiger partial charge is 0.223 e. The molecule has 3 N–H and O–H groups in total. The van der Waals surface area contributed by atoms with Gasteiger partial charge in [-0.1, -0.05) is 43.7 Å². The third-order valence-electron chi connectivity index (χ3n) is 4.19. The molecule has 0 saturated carbocycles. The van der Waals surface area contributed by atoms with Crippen molar-refractivity contribution in [2.75, 3.05) is 6.61 Å². The van der Waals surface area contributed by atoms with Gasteiger partial charge in [0.05, 0.1) is 18.8 Å². The fourth-order valence-corrected chi connectivity index (χ4v) is 2.62. The third-order valence-corrected chi connectivity index (χ3v) is 4.45. The quantitative estimate of drug-likeness (QED) is 0.564. The standard InChI is InChI=1S/C19H28ClNO3/c1-4-5-15(19(24)21-17(12-22)13(2)3)8-11-18(23)14-6-9-16(20)10-7-14/h4,6-7,9-10,13,15,17-18,22-23H,1,5,8,11-12H2,2-3H3,(H,21,24)/t15?,17?,18-/m1/s1. The van der Waals surface area contributed by atoms with Crippen LogP contribution < -0.4 is 5.32 Å². The summed E-state index contributed by atoms with van der Waals surface area (Å²) in [5.41, 5.74) is 0.785. The minimum atomic E-state index is -0.638. The van der Waals surface area contributed by atoms with Crippen molar-refractivity contribution in [3.63, 3.8) is 0 Å². The Morgan fingerprint density at radius 2 is 1.92 bits per heavy atom. The maximum absolute atomic E-state index is 12.4. The van der Waals surface area contributed by atoms with E-state index in [0.29, 0.717) is 24.3 Å². The molecule has 134 valence electrons. The zero-order valence-electron chi connectivity index (χ0n) is 14.4. The number of carbonyl (C=O) groups excluding carboxylic acids is 1. The first-order valence-electron chi connectivity index (χ1n) is 8.34. The highest BCUT2D eigenvalue weighted by Gasteiger charge is 2.23. The van der Waals surface area contributed by atoms with Gasteiger partial charge in [-0.3, -0.25) is 4.79 Å². The van der Waals surface area contributed by atoms with Crippen molar-refractivity contribution >= 4 is 17.5 Å². The Labute approximate surface area is 149 Å². The second kappa shape index (κ2) is 10.5. The molecule has 0 radical (unpaired) electrons. The van der Waals surface area contributed by atoms with Crippen LogP contribution in [0.4, 0.5) is 0 Å². The monoisotopic (exact) mass is 353 g/mol. The lowest BCUT2D eigenvalue weighted by atomic mass is 9.93. The summed E-state index contributed by atoms with van der Waals surface area (Å²) in [5.74, 6) is -0.216. The van der Waals surface area contributed by atoms with E-state index in [9.17, 15) is 15.0 Å². The number of halogens is 1. The Kier molecular flexibility index (Phi) is 9.04. The van der Waals surface area contributed by atoms with E-state index in [-0.39, 0.29) is 30.4 Å². The van der Waals surface area contributed by atoms with Gasteiger partial charge in [0.15, 0.2) is 0 Å². The third kappa shape index (κ3) is 6.63. The van der Waals surface area contributed by atoms with Gasteiger partial charge in [-0.15, -0.1) is 6.58 Å². The minimum Gasteiger partial charge on any atom is -0.394 e. The van der Waals surface area contributed by atoms with E-state index in [1.165, 1.54) is 0 Å². The molecule has 0 bridgehead atoms. The first-order valence-corrected chi connectivity index (χ1v) is 8.72. The summed E-state index contributed by atoms with van der Waals surface area (Å²) in [5, 5.41) is 23.2. The van der Waals surface area contributed by atoms with E-state index >= 15 is 0 Å². The molecule has 0 spiro atoms. The Morgan fingerprint density at radius 3 is 2.42 bits per heavy atom. The maximum Gasteiger partial charge on any atom is 0.223 e. The molecule has 0 aliphatic rings. The van der Waals surface area contributed by atoms with Crippen LogP contribution in [0.3, 0.4) is 0 Å². The summed E-state index contributed by atoms with van der Waals surface area (Å²) in [4.78, 5) is 12.4. The number of carbonyl (C=O) groups is 1. The number of aliphatic hydroxyl groups is 2. The van der Waals surface area contributed by atoms with Crippen molar-refractivity contribution in [1.82, 2.24) is 5.32 Å². The number of hydrogen-bond acceptors (Lipinski definition) is 3. The van der Waals surface area contributed by atoms with Gasteiger partial charge in [0.1, 0.15) is 0 Å². The predicted octanol–water partition coefficient (Wildman–Crippen LogP) is 3.48. The number of hydrogen-bond donors (Lipinski definition) is 3. The van der Waals surface area contributed by atoms with Crippen molar-refractivity contribution in [2.24, 2.45) is 11.8 Å². The van der Waals surface area contributed by atoms with E-state index < -0.39 is 6.10 Å². The summed E-state index contributed by atoms with van der Waals surface area (Å²) >= 11 is 5.85. The lowest BCUT2D eigenvalue weighted by molar-refractivity contribution is -0.126. The summed E-state index contributed by atoms with van der Waals surface area (Å²) in [6, 6.07) is 6.79. The van der Waals surface area contributed by atoms with Crippen LogP contribution in [-0.4, -0.2) is 28.8 Å². The molecule has 3 atom stereocenters. The van der Waals surface area contributed by atoms with E-state index in [1.807, 2.05) is 13.8 Å². The van der Waals surface area contributed by atoms with Gasteiger partial charge < -0.3 is 15.5 Å². The number of nitrogens with one attached hydrogen (secondary N) is 1. The molecule has 0 aliphatic carbocycles. The molecule has 0 aliphatic heterocycles. The SMILES string of the molecule is C=CCC(CC[C@@H](O)c1ccc(Cl)cc1)C(=O)NC(CO)C(C)C. The summed E-state index contributed by atoms with van der Waals surface area (Å²) in [7, 11) is 0. The van der Waals surface area contributed by atoms with Gasteiger partial charge in [0, 0.05) is 10.9 Å². The van der Waals surface area contributed by atoms with Gasteiger partial charge in [0.25, 0.3) is 0 Å². The Bertz CT molecular complexity index is 516. The number of aliphatic hydroxyl groups excluding tert-OH is 2. The average molecular weight is 354 g/mol. The minimum absolute atomic E-state index is 0.0857. The van der Waals surface area contributed by atoms with Crippen molar-refractivity contribution in [2.45, 2.75) is 45.3 Å². The average Bonchev–Trinajstić information content (AvgIpc) is 2.56. The summed E-state index contributed by atoms with van der Waals surface area (Å²) in [6.07, 6.45) is 2.62. The fourth-order valence-electron chi connectivity index (χ4n) is 2.49. The van der Waals surface area contributed by atoms with Crippen LogP contribution in [0.15, 0.2) is 36.9 Å². The highest BCUT2D eigenvalue weighted by molar-refractivity contribution is 6.30.